The first-order chi connectivity index (χ1) is 14.1. The van der Waals surface area contributed by atoms with E-state index in [4.69, 9.17) is 16.4 Å². The highest BCUT2D eigenvalue weighted by Gasteiger charge is 2.32. The summed E-state index contributed by atoms with van der Waals surface area (Å²) in [6, 6.07) is 5.27. The number of nitrogens with two attached hydrogens (primary N) is 1. The number of benzene rings is 1. The Morgan fingerprint density at radius 2 is 1.83 bits per heavy atom. The number of nitrogens with zero attached hydrogens (tertiary/aromatic N) is 3. The van der Waals surface area contributed by atoms with Gasteiger partial charge >= 0.3 is 0 Å². The fourth-order valence-corrected chi connectivity index (χ4v) is 3.49. The maximum Gasteiger partial charge on any atom is 0.206 e. The molecule has 1 fully saturated rings. The van der Waals surface area contributed by atoms with Gasteiger partial charge in [0.25, 0.3) is 0 Å². The third-order valence-corrected chi connectivity index (χ3v) is 4.75. The monoisotopic (exact) mass is 458 g/mol. The van der Waals surface area contributed by atoms with E-state index in [1.54, 1.807) is 0 Å². The molecule has 1 aromatic heterocycles. The molecule has 2 N–H and O–H groups in total. The first kappa shape index (κ1) is 22.4. The quantitative estimate of drug-likeness (QED) is 0.743. The summed E-state index contributed by atoms with van der Waals surface area (Å²) >= 11 is 6.03. The maximum absolute atomic E-state index is 14.3. The molecule has 1 saturated heterocycles. The number of rotatable bonds is 2. The molecule has 0 spiro atoms. The molecule has 1 unspecified atom stereocenters. The highest BCUT2D eigenvalue weighted by molar-refractivity contribution is 7.88. The van der Waals surface area contributed by atoms with Crippen molar-refractivity contribution in [1.29, 1.82) is 0 Å². The van der Waals surface area contributed by atoms with Gasteiger partial charge in [0.1, 0.15) is 17.5 Å². The Hall–Kier alpha value is -2.30. The summed E-state index contributed by atoms with van der Waals surface area (Å²) in [7, 11) is -3.17. The normalized spacial score (nSPS) is 18.5. The van der Waals surface area contributed by atoms with Crippen LogP contribution >= 0.6 is 11.6 Å². The van der Waals surface area contributed by atoms with Crippen molar-refractivity contribution < 1.29 is 22.0 Å². The van der Waals surface area contributed by atoms with Gasteiger partial charge in [0.15, 0.2) is 6.10 Å². The molecule has 7 nitrogen and oxygen atoms in total. The fraction of sp³-hybridized carbons (Fsp3) is 0.368. The summed E-state index contributed by atoms with van der Waals surface area (Å²) in [4.78, 5) is 12.0. The second-order valence-corrected chi connectivity index (χ2v) is 9.11. The second-order valence-electron chi connectivity index (χ2n) is 7.01. The van der Waals surface area contributed by atoms with Crippen molar-refractivity contribution in [2.24, 2.45) is 10.3 Å². The van der Waals surface area contributed by atoms with E-state index in [9.17, 15) is 17.2 Å². The molecule has 0 aliphatic carbocycles. The van der Waals surface area contributed by atoms with E-state index in [2.05, 4.69) is 20.2 Å². The Bertz CT molecular complexity index is 1030. The van der Waals surface area contributed by atoms with Gasteiger partial charge < -0.3 is 9.74 Å². The van der Waals surface area contributed by atoms with Crippen molar-refractivity contribution in [3.63, 3.8) is 0 Å². The van der Waals surface area contributed by atoms with Crippen molar-refractivity contribution in [3.8, 4) is 11.1 Å². The molecule has 4 rings (SSSR count). The lowest BCUT2D eigenvalue weighted by Gasteiger charge is -2.17. The summed E-state index contributed by atoms with van der Waals surface area (Å²) in [5.41, 5.74) is 0.586. The van der Waals surface area contributed by atoms with E-state index in [1.807, 2.05) is 0 Å². The highest BCUT2D eigenvalue weighted by atomic mass is 35.5. The van der Waals surface area contributed by atoms with E-state index in [0.29, 0.717) is 22.7 Å². The van der Waals surface area contributed by atoms with Crippen molar-refractivity contribution in [3.05, 3.63) is 52.8 Å². The fourth-order valence-electron chi connectivity index (χ4n) is 3.34. The van der Waals surface area contributed by atoms with Gasteiger partial charge in [-0.15, -0.1) is 0 Å². The summed E-state index contributed by atoms with van der Waals surface area (Å²) < 4.78 is 47.4. The van der Waals surface area contributed by atoms with E-state index < -0.39 is 27.8 Å². The summed E-state index contributed by atoms with van der Waals surface area (Å²) in [5.74, 6) is -0.466. The first-order valence-electron chi connectivity index (χ1n) is 9.18. The predicted molar refractivity (Wildman–Crippen MR) is 110 cm³/mol. The van der Waals surface area contributed by atoms with Crippen LogP contribution in [-0.4, -0.2) is 43.5 Å². The number of amidine groups is 1. The Balaban J connectivity index is 0.000000461. The number of primary sulfonamides is 1. The minimum Gasteiger partial charge on any atom is -0.384 e. The van der Waals surface area contributed by atoms with Gasteiger partial charge in [-0.2, -0.15) is 0 Å². The second kappa shape index (κ2) is 9.23. The van der Waals surface area contributed by atoms with Gasteiger partial charge in [-0.3, -0.25) is 4.98 Å². The van der Waals surface area contributed by atoms with Gasteiger partial charge in [0, 0.05) is 24.8 Å². The van der Waals surface area contributed by atoms with E-state index in [1.165, 1.54) is 30.5 Å². The molecular weight excluding hydrogens is 438 g/mol. The summed E-state index contributed by atoms with van der Waals surface area (Å²) in [5, 5.41) is 8.79. The molecule has 1 atom stereocenters. The van der Waals surface area contributed by atoms with Crippen molar-refractivity contribution in [1.82, 2.24) is 9.88 Å². The highest BCUT2D eigenvalue weighted by Crippen LogP contribution is 2.37. The van der Waals surface area contributed by atoms with Crippen molar-refractivity contribution >= 4 is 27.5 Å². The largest absolute Gasteiger partial charge is 0.384 e. The number of halogens is 3. The van der Waals surface area contributed by atoms with Crippen LogP contribution in [0.5, 0.6) is 0 Å². The summed E-state index contributed by atoms with van der Waals surface area (Å²) in [6.07, 6.45) is 4.70. The lowest BCUT2D eigenvalue weighted by Crippen LogP contribution is -2.26. The lowest BCUT2D eigenvalue weighted by molar-refractivity contribution is 0.0828. The maximum atomic E-state index is 14.3. The predicted octanol–water partition coefficient (Wildman–Crippen LogP) is 3.46. The van der Waals surface area contributed by atoms with E-state index in [-0.39, 0.29) is 5.56 Å². The molecule has 3 heterocycles. The van der Waals surface area contributed by atoms with Crippen molar-refractivity contribution in [2.45, 2.75) is 25.4 Å². The van der Waals surface area contributed by atoms with Crippen LogP contribution in [-0.2, 0) is 14.9 Å². The van der Waals surface area contributed by atoms with Gasteiger partial charge in [-0.1, -0.05) is 22.8 Å². The Labute approximate surface area is 178 Å². The smallest absolute Gasteiger partial charge is 0.206 e. The zero-order chi connectivity index (χ0) is 21.9. The molecule has 0 saturated carbocycles. The third kappa shape index (κ3) is 5.65. The number of hydrogen-bond donors (Lipinski definition) is 1. The van der Waals surface area contributed by atoms with Crippen LogP contribution in [0.2, 0.25) is 5.02 Å². The Morgan fingerprint density at radius 3 is 2.43 bits per heavy atom. The standard InChI is InChI=1S/C18H16ClF2N3O.CH5NO2S/c19-11-8-12(17-13(20)4-3-5-14(17)21)18(22-10-11)15-9-16(23-25-15)24-6-1-2-7-24;1-5(2,3)4/h3-5,8,10,15H,1-2,6-7,9H2;1H3,(H2,2,3,4). The minimum absolute atomic E-state index is 0.147. The van der Waals surface area contributed by atoms with Crippen LogP contribution in [0.25, 0.3) is 11.1 Å². The molecule has 0 amide bonds. The van der Waals surface area contributed by atoms with Gasteiger partial charge in [-0.05, 0) is 31.0 Å². The number of hydrogen-bond acceptors (Lipinski definition) is 6. The van der Waals surface area contributed by atoms with E-state index >= 15 is 0 Å². The molecule has 2 aliphatic rings. The lowest BCUT2D eigenvalue weighted by atomic mass is 9.98. The molecule has 1 aromatic carbocycles. The molecule has 2 aromatic rings. The molecule has 30 heavy (non-hydrogen) atoms. The summed E-state index contributed by atoms with van der Waals surface area (Å²) in [6.45, 7) is 1.91. The Morgan fingerprint density at radius 1 is 1.23 bits per heavy atom. The number of oxime groups is 1. The molecule has 0 bridgehead atoms. The van der Waals surface area contributed by atoms with Gasteiger partial charge in [0.05, 0.1) is 29.0 Å². The number of sulfonamides is 1. The number of pyridine rings is 1. The van der Waals surface area contributed by atoms with Gasteiger partial charge in [-0.25, -0.2) is 22.3 Å². The van der Waals surface area contributed by atoms with Crippen LogP contribution in [0.4, 0.5) is 8.78 Å². The number of aromatic nitrogens is 1. The van der Waals surface area contributed by atoms with Crippen LogP contribution in [0.1, 0.15) is 31.1 Å². The zero-order valence-electron chi connectivity index (χ0n) is 16.2. The number of likely N-dealkylation sites (tertiary alicyclic amines) is 1. The first-order valence-corrected chi connectivity index (χ1v) is 11.5. The van der Waals surface area contributed by atoms with Crippen molar-refractivity contribution in [2.75, 3.05) is 19.3 Å². The minimum atomic E-state index is -3.17. The van der Waals surface area contributed by atoms with Crippen LogP contribution in [0, 0.1) is 11.6 Å². The third-order valence-electron chi connectivity index (χ3n) is 4.55. The topological polar surface area (TPSA) is 97.9 Å². The molecule has 2 aliphatic heterocycles. The molecule has 11 heteroatoms. The van der Waals surface area contributed by atoms with Crippen LogP contribution < -0.4 is 5.14 Å². The van der Waals surface area contributed by atoms with E-state index in [0.717, 1.165) is 38.0 Å². The average molecular weight is 459 g/mol. The van der Waals surface area contributed by atoms with Crippen LogP contribution in [0.3, 0.4) is 0 Å². The molecule has 162 valence electrons. The Kier molecular flexibility index (Phi) is 6.89. The molecular formula is C19H21ClF2N4O3S. The molecule has 0 radical (unpaired) electrons. The average Bonchev–Trinajstić information content (AvgIpc) is 3.32. The van der Waals surface area contributed by atoms with Crippen LogP contribution in [0.15, 0.2) is 35.6 Å². The zero-order valence-corrected chi connectivity index (χ0v) is 17.8. The van der Waals surface area contributed by atoms with Gasteiger partial charge in [0.2, 0.25) is 10.0 Å². The SMILES string of the molecule is CS(N)(=O)=O.Fc1cccc(F)c1-c1cc(Cl)cnc1C1CC(N2CCCC2)=NO1.